The van der Waals surface area contributed by atoms with Gasteiger partial charge >= 0.3 is 0 Å². The molecule has 1 N–H and O–H groups in total. The fraction of sp³-hybridized carbons (Fsp3) is 0.286. The second-order valence-corrected chi connectivity index (χ2v) is 5.80. The van der Waals surface area contributed by atoms with Gasteiger partial charge in [-0.15, -0.1) is 0 Å². The van der Waals surface area contributed by atoms with E-state index in [1.165, 1.54) is 0 Å². The molecule has 3 aromatic rings. The van der Waals surface area contributed by atoms with Gasteiger partial charge in [-0.05, 0) is 6.07 Å². The number of fused-ring (bicyclic) bond motifs is 1. The molecule has 0 radical (unpaired) electrons. The Morgan fingerprint density at radius 3 is 2.95 bits per heavy atom. The van der Waals surface area contributed by atoms with Crippen LogP contribution in [0.1, 0.15) is 6.42 Å². The zero-order valence-electron chi connectivity index (χ0n) is 11.6. The van der Waals surface area contributed by atoms with Gasteiger partial charge in [-0.3, -0.25) is 4.68 Å². The van der Waals surface area contributed by atoms with Crippen molar-refractivity contribution < 1.29 is 0 Å². The third kappa shape index (κ3) is 1.89. The Kier molecular flexibility index (Phi) is 2.89. The summed E-state index contributed by atoms with van der Waals surface area (Å²) in [4.78, 5) is 4.40. The van der Waals surface area contributed by atoms with Gasteiger partial charge in [0.25, 0.3) is 0 Å². The molecule has 0 saturated carbocycles. The first kappa shape index (κ1) is 13.2. The van der Waals surface area contributed by atoms with E-state index in [0.717, 1.165) is 29.9 Å². The van der Waals surface area contributed by atoms with Crippen molar-refractivity contribution in [3.63, 3.8) is 0 Å². The van der Waals surface area contributed by atoms with Crippen LogP contribution in [0.15, 0.2) is 30.9 Å². The molecule has 0 spiro atoms. The van der Waals surface area contributed by atoms with Crippen molar-refractivity contribution in [2.24, 2.45) is 0 Å². The van der Waals surface area contributed by atoms with Gasteiger partial charge in [0.1, 0.15) is 16.4 Å². The quantitative estimate of drug-likeness (QED) is 0.791. The fourth-order valence-electron chi connectivity index (χ4n) is 2.74. The minimum Gasteiger partial charge on any atom is -0.312 e. The van der Waals surface area contributed by atoms with E-state index in [4.69, 9.17) is 16.9 Å². The molecule has 0 aromatic carbocycles. The summed E-state index contributed by atoms with van der Waals surface area (Å²) in [6.07, 6.45) is 7.46. The zero-order valence-corrected chi connectivity index (χ0v) is 12.3. The summed E-state index contributed by atoms with van der Waals surface area (Å²) in [5, 5.41) is 21.2. The molecule has 0 atom stereocenters. The highest BCUT2D eigenvalue weighted by molar-refractivity contribution is 6.29. The largest absolute Gasteiger partial charge is 0.312 e. The fourth-order valence-corrected chi connectivity index (χ4v) is 2.92. The van der Waals surface area contributed by atoms with Crippen molar-refractivity contribution in [1.29, 1.82) is 5.26 Å². The summed E-state index contributed by atoms with van der Waals surface area (Å²) in [6, 6.07) is 4.12. The normalized spacial score (nSPS) is 16.4. The molecule has 3 aromatic heterocycles. The Morgan fingerprint density at radius 2 is 2.23 bits per heavy atom. The van der Waals surface area contributed by atoms with Gasteiger partial charge in [0.05, 0.1) is 36.6 Å². The van der Waals surface area contributed by atoms with Crippen LogP contribution in [-0.2, 0) is 5.54 Å². The van der Waals surface area contributed by atoms with E-state index in [1.54, 1.807) is 23.1 Å². The highest BCUT2D eigenvalue weighted by Gasteiger charge is 2.39. The van der Waals surface area contributed by atoms with Crippen LogP contribution in [0.25, 0.3) is 16.8 Å². The smallest absolute Gasteiger partial charge is 0.148 e. The van der Waals surface area contributed by atoms with E-state index < -0.39 is 0 Å². The molecule has 22 heavy (non-hydrogen) atoms. The summed E-state index contributed by atoms with van der Waals surface area (Å²) in [5.74, 6) is 0. The predicted molar refractivity (Wildman–Crippen MR) is 80.3 cm³/mol. The standard InChI is InChI=1S/C14H12ClN7/c15-12-7-21-11(1-4-18-21)13(20-12)10-5-19-22(6-10)14(2-3-16)8-17-9-14/h1,4-7,17H,2,8-9H2. The van der Waals surface area contributed by atoms with E-state index >= 15 is 0 Å². The molecule has 4 rings (SSSR count). The third-order valence-electron chi connectivity index (χ3n) is 4.02. The molecular weight excluding hydrogens is 302 g/mol. The number of hydrogen-bond donors (Lipinski definition) is 1. The summed E-state index contributed by atoms with van der Waals surface area (Å²) in [5.41, 5.74) is 2.19. The first-order valence-electron chi connectivity index (χ1n) is 6.85. The molecule has 1 aliphatic rings. The number of nitrogens with zero attached hydrogens (tertiary/aromatic N) is 6. The van der Waals surface area contributed by atoms with Crippen molar-refractivity contribution in [3.8, 4) is 17.3 Å². The van der Waals surface area contributed by atoms with Gasteiger partial charge in [0.15, 0.2) is 0 Å². The number of hydrogen-bond acceptors (Lipinski definition) is 5. The molecule has 1 saturated heterocycles. The molecule has 110 valence electrons. The molecule has 0 unspecified atom stereocenters. The number of nitriles is 1. The number of halogens is 1. The van der Waals surface area contributed by atoms with Crippen LogP contribution in [-0.4, -0.2) is 37.5 Å². The summed E-state index contributed by atoms with van der Waals surface area (Å²) < 4.78 is 3.55. The lowest BCUT2D eigenvalue weighted by Gasteiger charge is -2.41. The summed E-state index contributed by atoms with van der Waals surface area (Å²) in [6.45, 7) is 1.49. The van der Waals surface area contributed by atoms with E-state index in [0.29, 0.717) is 11.6 Å². The number of aromatic nitrogens is 5. The lowest BCUT2D eigenvalue weighted by molar-refractivity contribution is 0.160. The van der Waals surface area contributed by atoms with Gasteiger partial charge in [0.2, 0.25) is 0 Å². The SMILES string of the molecule is N#CCC1(n2cc(-c3nc(Cl)cn4nccc34)cn2)CNC1. The Morgan fingerprint density at radius 1 is 1.36 bits per heavy atom. The van der Waals surface area contributed by atoms with Crippen LogP contribution in [0.2, 0.25) is 5.15 Å². The molecule has 1 aliphatic heterocycles. The molecule has 0 amide bonds. The first-order chi connectivity index (χ1) is 10.7. The molecule has 0 aliphatic carbocycles. The van der Waals surface area contributed by atoms with Gasteiger partial charge in [0, 0.05) is 24.8 Å². The lowest BCUT2D eigenvalue weighted by Crippen LogP contribution is -2.60. The van der Waals surface area contributed by atoms with E-state index in [2.05, 4.69) is 26.6 Å². The van der Waals surface area contributed by atoms with Crippen LogP contribution >= 0.6 is 11.6 Å². The van der Waals surface area contributed by atoms with Gasteiger partial charge < -0.3 is 5.32 Å². The first-order valence-corrected chi connectivity index (χ1v) is 7.23. The van der Waals surface area contributed by atoms with E-state index in [9.17, 15) is 0 Å². The Balaban J connectivity index is 1.81. The van der Waals surface area contributed by atoms with E-state index in [1.807, 2.05) is 16.9 Å². The molecule has 7 nitrogen and oxygen atoms in total. The van der Waals surface area contributed by atoms with Crippen LogP contribution in [0.3, 0.4) is 0 Å². The molecule has 8 heteroatoms. The van der Waals surface area contributed by atoms with Gasteiger partial charge in [-0.25, -0.2) is 9.50 Å². The van der Waals surface area contributed by atoms with Crippen LogP contribution in [0.4, 0.5) is 0 Å². The summed E-state index contributed by atoms with van der Waals surface area (Å²) in [7, 11) is 0. The van der Waals surface area contributed by atoms with Gasteiger partial charge in [-0.1, -0.05) is 11.6 Å². The average molecular weight is 314 g/mol. The maximum atomic E-state index is 9.04. The highest BCUT2D eigenvalue weighted by Crippen LogP contribution is 2.29. The molecular formula is C14H12ClN7. The predicted octanol–water partition coefficient (Wildman–Crippen LogP) is 1.46. The van der Waals surface area contributed by atoms with Crippen molar-refractivity contribution in [2.75, 3.05) is 13.1 Å². The molecule has 0 bridgehead atoms. The Hall–Kier alpha value is -2.43. The Bertz CT molecular complexity index is 884. The molecule has 1 fully saturated rings. The maximum Gasteiger partial charge on any atom is 0.148 e. The van der Waals surface area contributed by atoms with E-state index in [-0.39, 0.29) is 5.54 Å². The minimum absolute atomic E-state index is 0.262. The minimum atomic E-state index is -0.262. The van der Waals surface area contributed by atoms with Crippen molar-refractivity contribution in [3.05, 3.63) is 36.0 Å². The third-order valence-corrected chi connectivity index (χ3v) is 4.20. The zero-order chi connectivity index (χ0) is 15.2. The number of rotatable bonds is 3. The van der Waals surface area contributed by atoms with Crippen molar-refractivity contribution in [2.45, 2.75) is 12.0 Å². The van der Waals surface area contributed by atoms with Crippen LogP contribution < -0.4 is 5.32 Å². The van der Waals surface area contributed by atoms with Gasteiger partial charge in [-0.2, -0.15) is 15.5 Å². The van der Waals surface area contributed by atoms with Crippen LogP contribution in [0, 0.1) is 11.3 Å². The highest BCUT2D eigenvalue weighted by atomic mass is 35.5. The second kappa shape index (κ2) is 4.80. The molecule has 4 heterocycles. The topological polar surface area (TPSA) is 83.8 Å². The van der Waals surface area contributed by atoms with Crippen molar-refractivity contribution >= 4 is 17.1 Å². The average Bonchev–Trinajstić information content (AvgIpc) is 3.10. The second-order valence-electron chi connectivity index (χ2n) is 5.41. The monoisotopic (exact) mass is 313 g/mol. The summed E-state index contributed by atoms with van der Waals surface area (Å²) >= 11 is 6.06. The van der Waals surface area contributed by atoms with Crippen molar-refractivity contribution in [1.82, 2.24) is 29.7 Å². The Labute approximate surface area is 131 Å². The van der Waals surface area contributed by atoms with Crippen LogP contribution in [0.5, 0.6) is 0 Å². The maximum absolute atomic E-state index is 9.04. The number of nitrogens with one attached hydrogen (secondary N) is 1. The lowest BCUT2D eigenvalue weighted by atomic mass is 9.89.